The molecule has 0 amide bonds. The van der Waals surface area contributed by atoms with E-state index in [1.54, 1.807) is 6.07 Å². The number of hydrogen-bond acceptors (Lipinski definition) is 1. The summed E-state index contributed by atoms with van der Waals surface area (Å²) in [7, 11) is 0. The maximum atomic E-state index is 13.3. The quantitative estimate of drug-likeness (QED) is 0.699. The van der Waals surface area contributed by atoms with E-state index in [0.29, 0.717) is 0 Å². The van der Waals surface area contributed by atoms with Crippen LogP contribution in [-0.2, 0) is 6.42 Å². The van der Waals surface area contributed by atoms with E-state index in [1.165, 1.54) is 18.9 Å². The molecule has 0 aliphatic carbocycles. The standard InChI is InChI=1S/C14H22FN/c1-3-12(4-2)11-16-10-9-13-7-5-6-8-14(13)15/h5-8,12,16H,3-4,9-11H2,1-2H3. The highest BCUT2D eigenvalue weighted by Gasteiger charge is 2.03. The van der Waals surface area contributed by atoms with Crippen LogP contribution in [0.3, 0.4) is 0 Å². The van der Waals surface area contributed by atoms with Gasteiger partial charge in [-0.25, -0.2) is 4.39 Å². The zero-order valence-electron chi connectivity index (χ0n) is 10.3. The van der Waals surface area contributed by atoms with Crippen LogP contribution >= 0.6 is 0 Å². The molecule has 0 heterocycles. The number of hydrogen-bond donors (Lipinski definition) is 1. The van der Waals surface area contributed by atoms with Gasteiger partial charge >= 0.3 is 0 Å². The van der Waals surface area contributed by atoms with Gasteiger partial charge in [0.25, 0.3) is 0 Å². The van der Waals surface area contributed by atoms with E-state index in [-0.39, 0.29) is 5.82 Å². The second kappa shape index (κ2) is 7.39. The van der Waals surface area contributed by atoms with Gasteiger partial charge in [0.15, 0.2) is 0 Å². The van der Waals surface area contributed by atoms with Crippen molar-refractivity contribution in [3.05, 3.63) is 35.6 Å². The van der Waals surface area contributed by atoms with Crippen LogP contribution in [-0.4, -0.2) is 13.1 Å². The van der Waals surface area contributed by atoms with Gasteiger partial charge in [0.2, 0.25) is 0 Å². The molecule has 0 radical (unpaired) electrons. The Balaban J connectivity index is 2.23. The second-order valence-corrected chi connectivity index (χ2v) is 4.23. The molecule has 0 saturated carbocycles. The van der Waals surface area contributed by atoms with Gasteiger partial charge in [0.05, 0.1) is 0 Å². The van der Waals surface area contributed by atoms with E-state index in [1.807, 2.05) is 12.1 Å². The first-order valence-electron chi connectivity index (χ1n) is 6.22. The first kappa shape index (κ1) is 13.2. The Labute approximate surface area is 98.1 Å². The fourth-order valence-corrected chi connectivity index (χ4v) is 1.81. The SMILES string of the molecule is CCC(CC)CNCCc1ccccc1F. The molecule has 1 rings (SSSR count). The molecule has 16 heavy (non-hydrogen) atoms. The van der Waals surface area contributed by atoms with Crippen molar-refractivity contribution in [1.29, 1.82) is 0 Å². The monoisotopic (exact) mass is 223 g/mol. The van der Waals surface area contributed by atoms with Gasteiger partial charge < -0.3 is 5.32 Å². The zero-order chi connectivity index (χ0) is 11.8. The van der Waals surface area contributed by atoms with Gasteiger partial charge in [-0.15, -0.1) is 0 Å². The van der Waals surface area contributed by atoms with Crippen LogP contribution < -0.4 is 5.32 Å². The third-order valence-corrected chi connectivity index (χ3v) is 3.12. The first-order chi connectivity index (χ1) is 7.77. The summed E-state index contributed by atoms with van der Waals surface area (Å²) in [6, 6.07) is 7.00. The second-order valence-electron chi connectivity index (χ2n) is 4.23. The highest BCUT2D eigenvalue weighted by molar-refractivity contribution is 5.17. The third kappa shape index (κ3) is 4.31. The molecule has 0 saturated heterocycles. The maximum absolute atomic E-state index is 13.3. The smallest absolute Gasteiger partial charge is 0.126 e. The summed E-state index contributed by atoms with van der Waals surface area (Å²) in [4.78, 5) is 0. The number of rotatable bonds is 7. The van der Waals surface area contributed by atoms with Crippen molar-refractivity contribution in [1.82, 2.24) is 5.32 Å². The lowest BCUT2D eigenvalue weighted by atomic mass is 10.0. The summed E-state index contributed by atoms with van der Waals surface area (Å²) in [5.74, 6) is 0.660. The Bertz CT molecular complexity index is 295. The van der Waals surface area contributed by atoms with Crippen molar-refractivity contribution in [2.24, 2.45) is 5.92 Å². The largest absolute Gasteiger partial charge is 0.316 e. The molecule has 0 bridgehead atoms. The Morgan fingerprint density at radius 2 is 1.88 bits per heavy atom. The Morgan fingerprint density at radius 1 is 1.19 bits per heavy atom. The van der Waals surface area contributed by atoms with Crippen molar-refractivity contribution >= 4 is 0 Å². The van der Waals surface area contributed by atoms with Crippen molar-refractivity contribution in [3.8, 4) is 0 Å². The topological polar surface area (TPSA) is 12.0 Å². The number of benzene rings is 1. The normalized spacial score (nSPS) is 11.0. The lowest BCUT2D eigenvalue weighted by Gasteiger charge is -2.13. The molecule has 1 nitrogen and oxygen atoms in total. The number of nitrogens with one attached hydrogen (secondary N) is 1. The van der Waals surface area contributed by atoms with E-state index in [4.69, 9.17) is 0 Å². The van der Waals surface area contributed by atoms with E-state index < -0.39 is 0 Å². The lowest BCUT2D eigenvalue weighted by molar-refractivity contribution is 0.450. The van der Waals surface area contributed by atoms with Gasteiger partial charge in [-0.1, -0.05) is 44.9 Å². The molecule has 0 atom stereocenters. The minimum Gasteiger partial charge on any atom is -0.316 e. The lowest BCUT2D eigenvalue weighted by Crippen LogP contribution is -2.24. The molecular weight excluding hydrogens is 201 g/mol. The molecule has 90 valence electrons. The van der Waals surface area contributed by atoms with Crippen LogP contribution in [0.15, 0.2) is 24.3 Å². The predicted octanol–water partition coefficient (Wildman–Crippen LogP) is 3.39. The van der Waals surface area contributed by atoms with Gasteiger partial charge in [-0.2, -0.15) is 0 Å². The van der Waals surface area contributed by atoms with E-state index >= 15 is 0 Å². The van der Waals surface area contributed by atoms with E-state index in [9.17, 15) is 4.39 Å². The van der Waals surface area contributed by atoms with Crippen LogP contribution in [0, 0.1) is 11.7 Å². The molecule has 0 spiro atoms. The highest BCUT2D eigenvalue weighted by Crippen LogP contribution is 2.07. The molecule has 1 aromatic rings. The molecule has 0 aromatic heterocycles. The Hall–Kier alpha value is -0.890. The van der Waals surface area contributed by atoms with Crippen LogP contribution in [0.25, 0.3) is 0 Å². The summed E-state index contributed by atoms with van der Waals surface area (Å²) in [6.07, 6.45) is 3.19. The van der Waals surface area contributed by atoms with E-state index in [0.717, 1.165) is 31.0 Å². The fourth-order valence-electron chi connectivity index (χ4n) is 1.81. The molecule has 0 unspecified atom stereocenters. The molecule has 1 N–H and O–H groups in total. The van der Waals surface area contributed by atoms with Gasteiger partial charge in [-0.05, 0) is 37.1 Å². The third-order valence-electron chi connectivity index (χ3n) is 3.12. The van der Waals surface area contributed by atoms with Gasteiger partial charge in [0, 0.05) is 0 Å². The van der Waals surface area contributed by atoms with Crippen LogP contribution in [0.5, 0.6) is 0 Å². The summed E-state index contributed by atoms with van der Waals surface area (Å²) >= 11 is 0. The summed E-state index contributed by atoms with van der Waals surface area (Å²) < 4.78 is 13.3. The van der Waals surface area contributed by atoms with Crippen molar-refractivity contribution in [2.45, 2.75) is 33.1 Å². The Morgan fingerprint density at radius 3 is 2.50 bits per heavy atom. The average Bonchev–Trinajstić information content (AvgIpc) is 2.31. The molecule has 2 heteroatoms. The summed E-state index contributed by atoms with van der Waals surface area (Å²) in [5.41, 5.74) is 0.805. The van der Waals surface area contributed by atoms with Crippen molar-refractivity contribution in [3.63, 3.8) is 0 Å². The first-order valence-corrected chi connectivity index (χ1v) is 6.22. The Kier molecular flexibility index (Phi) is 6.09. The minimum absolute atomic E-state index is 0.0909. The zero-order valence-corrected chi connectivity index (χ0v) is 10.3. The highest BCUT2D eigenvalue weighted by atomic mass is 19.1. The molecule has 0 aliphatic rings. The van der Waals surface area contributed by atoms with Crippen LogP contribution in [0.1, 0.15) is 32.3 Å². The molecular formula is C14H22FN. The molecule has 0 aliphatic heterocycles. The van der Waals surface area contributed by atoms with Crippen molar-refractivity contribution < 1.29 is 4.39 Å². The number of halogens is 1. The van der Waals surface area contributed by atoms with Crippen LogP contribution in [0.2, 0.25) is 0 Å². The van der Waals surface area contributed by atoms with Crippen LogP contribution in [0.4, 0.5) is 4.39 Å². The van der Waals surface area contributed by atoms with Crippen molar-refractivity contribution in [2.75, 3.05) is 13.1 Å². The van der Waals surface area contributed by atoms with Gasteiger partial charge in [0.1, 0.15) is 5.82 Å². The fraction of sp³-hybridized carbons (Fsp3) is 0.571. The van der Waals surface area contributed by atoms with E-state index in [2.05, 4.69) is 19.2 Å². The molecule has 0 fully saturated rings. The minimum atomic E-state index is -0.0909. The molecule has 1 aromatic carbocycles. The maximum Gasteiger partial charge on any atom is 0.126 e. The average molecular weight is 223 g/mol. The predicted molar refractivity (Wildman–Crippen MR) is 67.0 cm³/mol. The summed E-state index contributed by atoms with van der Waals surface area (Å²) in [5, 5.41) is 3.40. The van der Waals surface area contributed by atoms with Gasteiger partial charge in [-0.3, -0.25) is 0 Å². The summed E-state index contributed by atoms with van der Waals surface area (Å²) in [6.45, 7) is 6.33.